The van der Waals surface area contributed by atoms with Gasteiger partial charge in [-0.1, -0.05) is 6.07 Å². The summed E-state index contributed by atoms with van der Waals surface area (Å²) in [5.74, 6) is 0.490. The van der Waals surface area contributed by atoms with Crippen LogP contribution in [0, 0.1) is 26.2 Å². The summed E-state index contributed by atoms with van der Waals surface area (Å²) in [4.78, 5) is 16.5. The lowest BCUT2D eigenvalue weighted by atomic mass is 10.1. The average Bonchev–Trinajstić information content (AvgIpc) is 2.89. The second-order valence-electron chi connectivity index (χ2n) is 7.14. The lowest BCUT2D eigenvalue weighted by molar-refractivity contribution is 0.462. The Hall–Kier alpha value is -3.94. The zero-order valence-corrected chi connectivity index (χ0v) is 16.1. The SMILES string of the molecule is Cc1nc2c3c(c(O)nc4ncccc4c3[nH]1)c(=N)n2-c1c(C)ccc(O)c1C. The van der Waals surface area contributed by atoms with Crippen molar-refractivity contribution in [2.24, 2.45) is 0 Å². The predicted octanol–water partition coefficient (Wildman–Crippen LogP) is 3.27. The molecule has 8 nitrogen and oxygen atoms in total. The van der Waals surface area contributed by atoms with Crippen LogP contribution in [-0.2, 0) is 0 Å². The topological polar surface area (TPSA) is 124 Å². The van der Waals surface area contributed by atoms with E-state index in [9.17, 15) is 10.2 Å². The molecule has 5 aromatic rings. The number of benzene rings is 1. The van der Waals surface area contributed by atoms with Gasteiger partial charge in [0.15, 0.2) is 11.3 Å². The fraction of sp³-hybridized carbons (Fsp3) is 0.143. The van der Waals surface area contributed by atoms with Crippen LogP contribution < -0.4 is 5.49 Å². The van der Waals surface area contributed by atoms with Crippen molar-refractivity contribution in [3.05, 3.63) is 52.9 Å². The van der Waals surface area contributed by atoms with E-state index in [1.54, 1.807) is 35.9 Å². The first-order valence-electron chi connectivity index (χ1n) is 9.11. The summed E-state index contributed by atoms with van der Waals surface area (Å²) in [5.41, 5.74) is 3.79. The van der Waals surface area contributed by atoms with Crippen LogP contribution in [0.25, 0.3) is 38.7 Å². The number of fused-ring (bicyclic) bond motifs is 2. The van der Waals surface area contributed by atoms with Crippen molar-refractivity contribution in [2.75, 3.05) is 0 Å². The molecule has 0 saturated carbocycles. The molecule has 0 amide bonds. The molecule has 0 unspecified atom stereocenters. The number of pyridine rings is 1. The summed E-state index contributed by atoms with van der Waals surface area (Å²) in [6, 6.07) is 7.09. The molecule has 0 atom stereocenters. The first-order chi connectivity index (χ1) is 13.9. The molecule has 0 aliphatic carbocycles. The highest BCUT2D eigenvalue weighted by molar-refractivity contribution is 6.16. The van der Waals surface area contributed by atoms with Crippen LogP contribution in [0.15, 0.2) is 30.5 Å². The molecular formula is C21H18N6O2. The van der Waals surface area contributed by atoms with Gasteiger partial charge in [-0.15, -0.1) is 0 Å². The van der Waals surface area contributed by atoms with Crippen molar-refractivity contribution in [2.45, 2.75) is 20.8 Å². The van der Waals surface area contributed by atoms with E-state index in [0.717, 1.165) is 10.9 Å². The molecule has 4 N–H and O–H groups in total. The minimum atomic E-state index is -0.285. The standard InChI is InChI=1S/C21H18N6O2/c1-9-6-7-13(28)10(2)17(9)27-18(22)15-14-16(24-11(3)25-20(14)27)12-5-4-8-23-19(12)26-21(15)29/h4-8,22,28-29H,1-3H3,(H,24,25). The van der Waals surface area contributed by atoms with Crippen LogP contribution in [0.5, 0.6) is 11.6 Å². The number of hydrogen-bond donors (Lipinski definition) is 4. The van der Waals surface area contributed by atoms with E-state index in [1.165, 1.54) is 0 Å². The number of phenolic OH excluding ortho intramolecular Hbond substituents is 1. The number of aryl methyl sites for hydroxylation is 2. The second kappa shape index (κ2) is 5.78. The van der Waals surface area contributed by atoms with Crippen LogP contribution in [0.2, 0.25) is 0 Å². The number of H-pyrrole nitrogens is 1. The highest BCUT2D eigenvalue weighted by atomic mass is 16.3. The fourth-order valence-electron chi connectivity index (χ4n) is 3.98. The van der Waals surface area contributed by atoms with Gasteiger partial charge in [-0.2, -0.15) is 4.98 Å². The maximum absolute atomic E-state index is 10.8. The lowest BCUT2D eigenvalue weighted by Gasteiger charge is -2.14. The summed E-state index contributed by atoms with van der Waals surface area (Å²) < 4.78 is 1.66. The van der Waals surface area contributed by atoms with Crippen LogP contribution >= 0.6 is 0 Å². The number of hydrogen-bond acceptors (Lipinski definition) is 6. The summed E-state index contributed by atoms with van der Waals surface area (Å²) in [7, 11) is 0. The van der Waals surface area contributed by atoms with Crippen molar-refractivity contribution in [1.82, 2.24) is 24.5 Å². The largest absolute Gasteiger partial charge is 0.508 e. The van der Waals surface area contributed by atoms with Gasteiger partial charge in [0.05, 0.1) is 22.0 Å². The zero-order chi connectivity index (χ0) is 20.4. The molecule has 0 fully saturated rings. The fourth-order valence-corrected chi connectivity index (χ4v) is 3.98. The Morgan fingerprint density at radius 1 is 1.03 bits per heavy atom. The maximum atomic E-state index is 10.8. The highest BCUT2D eigenvalue weighted by Crippen LogP contribution is 2.34. The van der Waals surface area contributed by atoms with E-state index in [1.807, 2.05) is 19.9 Å². The molecule has 0 saturated heterocycles. The minimum Gasteiger partial charge on any atom is -0.508 e. The van der Waals surface area contributed by atoms with E-state index in [-0.39, 0.29) is 22.5 Å². The number of aromatic nitrogens is 5. The molecule has 4 aromatic heterocycles. The Labute approximate surface area is 164 Å². The van der Waals surface area contributed by atoms with Gasteiger partial charge in [0.25, 0.3) is 0 Å². The normalized spacial score (nSPS) is 11.7. The molecule has 0 aliphatic heterocycles. The van der Waals surface area contributed by atoms with Gasteiger partial charge in [0.2, 0.25) is 5.88 Å². The van der Waals surface area contributed by atoms with Crippen molar-refractivity contribution >= 4 is 33.0 Å². The number of nitrogens with zero attached hydrogens (tertiary/aromatic N) is 4. The molecule has 0 aliphatic rings. The number of phenols is 1. The number of aromatic amines is 1. The Morgan fingerprint density at radius 2 is 1.83 bits per heavy atom. The van der Waals surface area contributed by atoms with Gasteiger partial charge >= 0.3 is 0 Å². The van der Waals surface area contributed by atoms with Crippen molar-refractivity contribution in [3.63, 3.8) is 0 Å². The Balaban J connectivity index is 2.14. The second-order valence-corrected chi connectivity index (χ2v) is 7.14. The van der Waals surface area contributed by atoms with Crippen molar-refractivity contribution in [1.29, 1.82) is 5.41 Å². The summed E-state index contributed by atoms with van der Waals surface area (Å²) in [5, 5.41) is 31.5. The van der Waals surface area contributed by atoms with Crippen LogP contribution in [-0.4, -0.2) is 34.7 Å². The van der Waals surface area contributed by atoms with E-state index >= 15 is 0 Å². The van der Waals surface area contributed by atoms with E-state index in [4.69, 9.17) is 5.41 Å². The van der Waals surface area contributed by atoms with Gasteiger partial charge < -0.3 is 15.2 Å². The Morgan fingerprint density at radius 3 is 2.62 bits per heavy atom. The average molecular weight is 386 g/mol. The maximum Gasteiger partial charge on any atom is 0.224 e. The van der Waals surface area contributed by atoms with Gasteiger partial charge in [-0.25, -0.2) is 9.97 Å². The minimum absolute atomic E-state index is 0.0404. The lowest BCUT2D eigenvalue weighted by Crippen LogP contribution is -2.16. The van der Waals surface area contributed by atoms with Gasteiger partial charge in [-0.3, -0.25) is 9.98 Å². The summed E-state index contributed by atoms with van der Waals surface area (Å²) in [6.07, 6.45) is 1.61. The molecule has 4 heterocycles. The number of rotatable bonds is 1. The monoisotopic (exact) mass is 386 g/mol. The third-order valence-electron chi connectivity index (χ3n) is 5.29. The van der Waals surface area contributed by atoms with Crippen LogP contribution in [0.1, 0.15) is 17.0 Å². The quantitative estimate of drug-likeness (QED) is 0.352. The molecule has 0 bridgehead atoms. The highest BCUT2D eigenvalue weighted by Gasteiger charge is 2.22. The number of aromatic hydroxyl groups is 2. The molecule has 8 heteroatoms. The van der Waals surface area contributed by atoms with Crippen LogP contribution in [0.4, 0.5) is 0 Å². The molecule has 5 rings (SSSR count). The first-order valence-corrected chi connectivity index (χ1v) is 9.11. The predicted molar refractivity (Wildman–Crippen MR) is 109 cm³/mol. The third kappa shape index (κ3) is 2.25. The van der Waals surface area contributed by atoms with Crippen molar-refractivity contribution in [3.8, 4) is 17.3 Å². The number of nitrogens with one attached hydrogen (secondary N) is 2. The van der Waals surface area contributed by atoms with E-state index < -0.39 is 0 Å². The molecule has 0 spiro atoms. The van der Waals surface area contributed by atoms with Gasteiger partial charge in [-0.05, 0) is 44.5 Å². The Bertz CT molecular complexity index is 1530. The third-order valence-corrected chi connectivity index (χ3v) is 5.29. The summed E-state index contributed by atoms with van der Waals surface area (Å²) >= 11 is 0. The van der Waals surface area contributed by atoms with Crippen molar-refractivity contribution < 1.29 is 10.2 Å². The summed E-state index contributed by atoms with van der Waals surface area (Å²) in [6.45, 7) is 5.54. The molecule has 1 aromatic carbocycles. The van der Waals surface area contributed by atoms with E-state index in [2.05, 4.69) is 19.9 Å². The van der Waals surface area contributed by atoms with Gasteiger partial charge in [0, 0.05) is 17.1 Å². The van der Waals surface area contributed by atoms with E-state index in [0.29, 0.717) is 39.3 Å². The van der Waals surface area contributed by atoms with Gasteiger partial charge in [0.1, 0.15) is 17.1 Å². The smallest absolute Gasteiger partial charge is 0.224 e. The van der Waals surface area contributed by atoms with Crippen LogP contribution in [0.3, 0.4) is 0 Å². The molecule has 0 radical (unpaired) electrons. The molecule has 144 valence electrons. The molecular weight excluding hydrogens is 368 g/mol. The first kappa shape index (κ1) is 17.2. The zero-order valence-electron chi connectivity index (χ0n) is 16.1. The Kier molecular flexibility index (Phi) is 3.42. The molecule has 29 heavy (non-hydrogen) atoms.